The van der Waals surface area contributed by atoms with Crippen LogP contribution in [0.2, 0.25) is 0 Å². The topological polar surface area (TPSA) is 106 Å². The molecule has 0 saturated carbocycles. The quantitative estimate of drug-likeness (QED) is 0.266. The molecule has 0 bridgehead atoms. The minimum Gasteiger partial charge on any atom is -0.507 e. The number of carbonyl (C=O) groups is 2. The average molecular weight is 441 g/mol. The van der Waals surface area contributed by atoms with Crippen LogP contribution in [0.5, 0.6) is 17.2 Å². The van der Waals surface area contributed by atoms with Gasteiger partial charge in [0.15, 0.2) is 11.5 Å². The maximum Gasteiger partial charge on any atom is 0.295 e. The van der Waals surface area contributed by atoms with Gasteiger partial charge in [-0.2, -0.15) is 0 Å². The number of likely N-dealkylation sites (tertiary alicyclic amines) is 1. The highest BCUT2D eigenvalue weighted by Gasteiger charge is 2.46. The lowest BCUT2D eigenvalue weighted by molar-refractivity contribution is -0.140. The molecule has 170 valence electrons. The van der Waals surface area contributed by atoms with E-state index in [9.17, 15) is 19.8 Å². The average Bonchev–Trinajstić information content (AvgIpc) is 3.05. The van der Waals surface area contributed by atoms with Crippen molar-refractivity contribution in [3.63, 3.8) is 0 Å². The number of carbonyl (C=O) groups excluding carboxylic acids is 2. The number of phenols is 1. The van der Waals surface area contributed by atoms with E-state index in [0.717, 1.165) is 0 Å². The fourth-order valence-corrected chi connectivity index (χ4v) is 3.73. The Balaban J connectivity index is 2.16. The molecule has 1 heterocycles. The van der Waals surface area contributed by atoms with E-state index in [-0.39, 0.29) is 29.4 Å². The highest BCUT2D eigenvalue weighted by Crippen LogP contribution is 2.42. The van der Waals surface area contributed by atoms with Crippen LogP contribution in [-0.2, 0) is 14.3 Å². The third-order valence-electron chi connectivity index (χ3n) is 5.23. The summed E-state index contributed by atoms with van der Waals surface area (Å²) in [6.45, 7) is 2.77. The van der Waals surface area contributed by atoms with Crippen molar-refractivity contribution < 1.29 is 34.0 Å². The SMILES string of the molecule is CCOc1cc(C2/C(=C(\O)c3cccc(OC)c3)C(=O)C(=O)N2CCCOC)ccc1O. The summed E-state index contributed by atoms with van der Waals surface area (Å²) in [7, 11) is 3.06. The molecule has 3 rings (SSSR count). The predicted molar refractivity (Wildman–Crippen MR) is 118 cm³/mol. The number of phenolic OH excluding ortho intramolecular Hbond substituents is 1. The minimum absolute atomic E-state index is 0.0335. The van der Waals surface area contributed by atoms with Crippen LogP contribution in [0.4, 0.5) is 0 Å². The fraction of sp³-hybridized carbons (Fsp3) is 0.333. The normalized spacial score (nSPS) is 17.6. The Morgan fingerprint density at radius 2 is 1.91 bits per heavy atom. The zero-order chi connectivity index (χ0) is 23.3. The van der Waals surface area contributed by atoms with Crippen molar-refractivity contribution in [2.75, 3.05) is 34.0 Å². The number of Topliss-reactive ketones (excluding diaryl/α,β-unsaturated/α-hetero) is 1. The van der Waals surface area contributed by atoms with Crippen LogP contribution in [0.1, 0.15) is 30.5 Å². The van der Waals surface area contributed by atoms with Gasteiger partial charge >= 0.3 is 0 Å². The van der Waals surface area contributed by atoms with Gasteiger partial charge in [0, 0.05) is 25.8 Å². The Bertz CT molecular complexity index is 1030. The number of ketones is 1. The molecule has 1 amide bonds. The number of aliphatic hydroxyl groups is 1. The predicted octanol–water partition coefficient (Wildman–Crippen LogP) is 3.26. The van der Waals surface area contributed by atoms with Crippen molar-refractivity contribution in [1.82, 2.24) is 4.90 Å². The molecule has 0 spiro atoms. The van der Waals surface area contributed by atoms with Crippen LogP contribution in [0.25, 0.3) is 5.76 Å². The highest BCUT2D eigenvalue weighted by atomic mass is 16.5. The summed E-state index contributed by atoms with van der Waals surface area (Å²) in [6, 6.07) is 10.4. The van der Waals surface area contributed by atoms with Gasteiger partial charge in [0.2, 0.25) is 0 Å². The summed E-state index contributed by atoms with van der Waals surface area (Å²) in [5.74, 6) is -1.11. The second kappa shape index (κ2) is 10.2. The van der Waals surface area contributed by atoms with Gasteiger partial charge in [0.25, 0.3) is 11.7 Å². The number of rotatable bonds is 9. The molecule has 1 saturated heterocycles. The first-order valence-electron chi connectivity index (χ1n) is 10.3. The van der Waals surface area contributed by atoms with Gasteiger partial charge in [0.05, 0.1) is 25.3 Å². The third-order valence-corrected chi connectivity index (χ3v) is 5.23. The Morgan fingerprint density at radius 1 is 1.12 bits per heavy atom. The van der Waals surface area contributed by atoms with E-state index in [2.05, 4.69) is 0 Å². The monoisotopic (exact) mass is 441 g/mol. The summed E-state index contributed by atoms with van der Waals surface area (Å²) in [4.78, 5) is 27.4. The molecule has 1 aliphatic rings. The number of hydrogen-bond donors (Lipinski definition) is 2. The van der Waals surface area contributed by atoms with E-state index < -0.39 is 17.7 Å². The third kappa shape index (κ3) is 4.55. The maximum atomic E-state index is 13.0. The second-order valence-electron chi connectivity index (χ2n) is 7.23. The fourth-order valence-electron chi connectivity index (χ4n) is 3.73. The molecule has 0 aromatic heterocycles. The molecule has 2 aromatic carbocycles. The molecule has 2 aromatic rings. The number of aromatic hydroxyl groups is 1. The zero-order valence-corrected chi connectivity index (χ0v) is 18.3. The number of amides is 1. The molecular formula is C24H27NO7. The van der Waals surface area contributed by atoms with Crippen molar-refractivity contribution in [2.45, 2.75) is 19.4 Å². The minimum atomic E-state index is -0.849. The maximum absolute atomic E-state index is 13.0. The van der Waals surface area contributed by atoms with Gasteiger partial charge in [-0.25, -0.2) is 0 Å². The van der Waals surface area contributed by atoms with E-state index in [1.165, 1.54) is 18.1 Å². The van der Waals surface area contributed by atoms with Crippen LogP contribution in [0.3, 0.4) is 0 Å². The van der Waals surface area contributed by atoms with Crippen molar-refractivity contribution in [3.8, 4) is 17.2 Å². The number of hydrogen-bond acceptors (Lipinski definition) is 7. The second-order valence-corrected chi connectivity index (χ2v) is 7.23. The number of ether oxygens (including phenoxy) is 3. The number of nitrogens with zero attached hydrogens (tertiary/aromatic N) is 1. The Labute approximate surface area is 186 Å². The number of methoxy groups -OCH3 is 2. The lowest BCUT2D eigenvalue weighted by Crippen LogP contribution is -2.31. The van der Waals surface area contributed by atoms with E-state index >= 15 is 0 Å². The van der Waals surface area contributed by atoms with Gasteiger partial charge in [-0.3, -0.25) is 9.59 Å². The van der Waals surface area contributed by atoms with Crippen molar-refractivity contribution in [2.24, 2.45) is 0 Å². The van der Waals surface area contributed by atoms with Gasteiger partial charge in [0.1, 0.15) is 11.5 Å². The molecule has 1 aliphatic heterocycles. The first kappa shape index (κ1) is 23.1. The summed E-state index contributed by atoms with van der Waals surface area (Å²) >= 11 is 0. The van der Waals surface area contributed by atoms with Crippen LogP contribution < -0.4 is 9.47 Å². The molecule has 1 fully saturated rings. The summed E-state index contributed by atoms with van der Waals surface area (Å²) < 4.78 is 15.8. The van der Waals surface area contributed by atoms with Crippen LogP contribution >= 0.6 is 0 Å². The molecule has 1 unspecified atom stereocenters. The Hall–Kier alpha value is -3.52. The van der Waals surface area contributed by atoms with Crippen LogP contribution in [0, 0.1) is 0 Å². The van der Waals surface area contributed by atoms with Gasteiger partial charge in [-0.05, 0) is 43.2 Å². The highest BCUT2D eigenvalue weighted by molar-refractivity contribution is 6.46. The van der Waals surface area contributed by atoms with Crippen molar-refractivity contribution >= 4 is 17.4 Å². The molecule has 0 radical (unpaired) electrons. The van der Waals surface area contributed by atoms with Gasteiger partial charge < -0.3 is 29.3 Å². The first-order valence-corrected chi connectivity index (χ1v) is 10.3. The van der Waals surface area contributed by atoms with Crippen LogP contribution in [-0.4, -0.2) is 60.8 Å². The summed E-state index contributed by atoms with van der Waals surface area (Å²) in [5, 5.41) is 21.2. The summed E-state index contributed by atoms with van der Waals surface area (Å²) in [5.41, 5.74) is 0.856. The Morgan fingerprint density at radius 3 is 2.59 bits per heavy atom. The smallest absolute Gasteiger partial charge is 0.295 e. The van der Waals surface area contributed by atoms with E-state index in [4.69, 9.17) is 14.2 Å². The van der Waals surface area contributed by atoms with Crippen molar-refractivity contribution in [3.05, 3.63) is 59.2 Å². The molecule has 1 atom stereocenters. The molecule has 0 aliphatic carbocycles. The number of aliphatic hydroxyl groups excluding tert-OH is 1. The summed E-state index contributed by atoms with van der Waals surface area (Å²) in [6.07, 6.45) is 0.510. The first-order chi connectivity index (χ1) is 15.4. The van der Waals surface area contributed by atoms with Gasteiger partial charge in [-0.15, -0.1) is 0 Å². The van der Waals surface area contributed by atoms with E-state index in [1.54, 1.807) is 50.4 Å². The lowest BCUT2D eigenvalue weighted by Gasteiger charge is -2.25. The molecule has 8 nitrogen and oxygen atoms in total. The molecule has 32 heavy (non-hydrogen) atoms. The standard InChI is InChI=1S/C24H27NO7/c1-4-32-19-14-15(9-10-18(19)26)21-20(22(27)16-7-5-8-17(13-16)31-3)23(28)24(29)25(21)11-6-12-30-2/h5,7-10,13-14,21,26-27H,4,6,11-12H2,1-3H3/b22-20+. The van der Waals surface area contributed by atoms with E-state index in [0.29, 0.717) is 36.5 Å². The molecule has 2 N–H and O–H groups in total. The Kier molecular flexibility index (Phi) is 7.37. The van der Waals surface area contributed by atoms with Gasteiger partial charge in [-0.1, -0.05) is 18.2 Å². The molecular weight excluding hydrogens is 414 g/mol. The lowest BCUT2D eigenvalue weighted by atomic mass is 9.95. The zero-order valence-electron chi connectivity index (χ0n) is 18.3. The number of benzene rings is 2. The van der Waals surface area contributed by atoms with Crippen molar-refractivity contribution in [1.29, 1.82) is 0 Å². The van der Waals surface area contributed by atoms with Crippen LogP contribution in [0.15, 0.2) is 48.0 Å². The largest absolute Gasteiger partial charge is 0.507 e. The molecule has 8 heteroatoms. The van der Waals surface area contributed by atoms with E-state index in [1.807, 2.05) is 0 Å².